The number of rotatable bonds is 13. The Morgan fingerprint density at radius 2 is 1.12 bits per heavy atom. The van der Waals surface area contributed by atoms with E-state index in [9.17, 15) is 46.6 Å². The van der Waals surface area contributed by atoms with Crippen molar-refractivity contribution in [3.8, 4) is 0 Å². The van der Waals surface area contributed by atoms with Crippen LogP contribution in [0.3, 0.4) is 0 Å². The highest BCUT2D eigenvalue weighted by molar-refractivity contribution is 7.85. The van der Waals surface area contributed by atoms with E-state index in [0.717, 1.165) is 42.7 Å². The second kappa shape index (κ2) is 29.3. The van der Waals surface area contributed by atoms with E-state index in [2.05, 4.69) is 62.7 Å². The number of nitrogens with one attached hydrogen (secondary N) is 3. The lowest BCUT2D eigenvalue weighted by Gasteiger charge is -2.17. The van der Waals surface area contributed by atoms with Crippen molar-refractivity contribution in [2.24, 2.45) is 0 Å². The van der Waals surface area contributed by atoms with E-state index in [1.54, 1.807) is 81.6 Å². The molecule has 0 amide bonds. The molecule has 32 heteroatoms. The number of nitro groups is 2. The van der Waals surface area contributed by atoms with Crippen LogP contribution >= 0.6 is 49.1 Å². The second-order valence-corrected chi connectivity index (χ2v) is 26.7. The van der Waals surface area contributed by atoms with Crippen molar-refractivity contribution in [2.75, 3.05) is 55.0 Å². The number of anilines is 7. The zero-order valence-corrected chi connectivity index (χ0v) is 49.4. The summed E-state index contributed by atoms with van der Waals surface area (Å²) < 4.78 is 81.5. The van der Waals surface area contributed by atoms with Gasteiger partial charge in [-0.2, -0.15) is 27.2 Å². The van der Waals surface area contributed by atoms with Crippen molar-refractivity contribution in [3.05, 3.63) is 175 Å². The number of halogens is 5. The summed E-state index contributed by atoms with van der Waals surface area (Å²) in [7, 11) is -9.48. The molecule has 4 aromatic heterocycles. The fourth-order valence-electron chi connectivity index (χ4n) is 6.94. The van der Waals surface area contributed by atoms with Crippen LogP contribution in [-0.4, -0.2) is 101 Å². The normalized spacial score (nSPS) is 11.0. The molecule has 0 saturated carbocycles. The van der Waals surface area contributed by atoms with Gasteiger partial charge in [0.15, 0.2) is 11.6 Å². The number of aliphatic hydroxyl groups is 1. The van der Waals surface area contributed by atoms with Gasteiger partial charge in [0.25, 0.3) is 10.1 Å². The molecule has 0 unspecified atom stereocenters. The number of unbranched alkanes of at least 4 members (excludes halogenated alkanes) is 1. The van der Waals surface area contributed by atoms with Crippen LogP contribution in [0.1, 0.15) is 25.3 Å². The number of aryl methyl sites for hydroxylation is 1. The van der Waals surface area contributed by atoms with E-state index in [0.29, 0.717) is 61.5 Å². The maximum absolute atomic E-state index is 13.6. The highest BCUT2D eigenvalue weighted by atomic mass is 35.5. The molecule has 83 heavy (non-hydrogen) atoms. The summed E-state index contributed by atoms with van der Waals surface area (Å²) in [5.74, 6) is -1.24. The molecule has 0 fully saturated rings. The quantitative estimate of drug-likeness (QED) is 0.0156. The van der Waals surface area contributed by atoms with Crippen LogP contribution in [-0.2, 0) is 19.2 Å². The number of nitrogens with two attached hydrogens (primary N) is 1. The number of benzene rings is 5. The third-order valence-corrected chi connectivity index (χ3v) is 15.3. The van der Waals surface area contributed by atoms with Crippen LogP contribution in [0.4, 0.5) is 60.5 Å². The lowest BCUT2D eigenvalue weighted by molar-refractivity contribution is -0.387. The number of nitrogens with zero attached hydrogens (tertiary/aromatic N) is 10. The summed E-state index contributed by atoms with van der Waals surface area (Å²) in [6, 6.07) is 19.5. The van der Waals surface area contributed by atoms with Gasteiger partial charge in [-0.15, -0.1) is 0 Å². The lowest BCUT2D eigenvalue weighted by Crippen LogP contribution is -2.14. The van der Waals surface area contributed by atoms with Gasteiger partial charge in [-0.3, -0.25) is 44.7 Å². The van der Waals surface area contributed by atoms with Crippen LogP contribution in [0.5, 0.6) is 0 Å². The van der Waals surface area contributed by atoms with Gasteiger partial charge in [-0.1, -0.05) is 54.2 Å². The van der Waals surface area contributed by atoms with E-state index in [4.69, 9.17) is 50.2 Å². The summed E-state index contributed by atoms with van der Waals surface area (Å²) in [6.07, 6.45) is 11.0. The number of hydrogen-bond acceptors (Lipinski definition) is 21. The third-order valence-electron chi connectivity index (χ3n) is 10.7. The molecule has 7 N–H and O–H groups in total. The SMILES string of the molecule is CCCCO.CP(C)(=O)c1c(Nc2nc(Cl)ncc2Cl)ccc2nccnc12.CP(C)(=O)c1c(Nc2nc(Nc3ccc(F)c([N+](=O)[O-])c3)ncc2Cl)ccc2nccnc12.Cc1ccc(S(=O)(=O)O)cc1.Nc1ccc(F)c([N+](=O)[O-])c1. The Bertz CT molecular complexity index is 4030. The topological polar surface area (TPSA) is 360 Å². The van der Waals surface area contributed by atoms with Crippen LogP contribution in [0.15, 0.2) is 127 Å². The monoisotopic (exact) mass is 1260 g/mol. The smallest absolute Gasteiger partial charge is 0.306 e. The molecule has 0 bridgehead atoms. The number of nitrogen functional groups attached to an aromatic ring is 1. The summed E-state index contributed by atoms with van der Waals surface area (Å²) in [5.41, 5.74) is 8.70. The molecule has 24 nitrogen and oxygen atoms in total. The molecule has 4 heterocycles. The summed E-state index contributed by atoms with van der Waals surface area (Å²) in [6.45, 7) is 10.8. The molecule has 0 saturated heterocycles. The molecule has 436 valence electrons. The van der Waals surface area contributed by atoms with E-state index >= 15 is 0 Å². The van der Waals surface area contributed by atoms with Gasteiger partial charge in [-0.25, -0.2) is 9.97 Å². The van der Waals surface area contributed by atoms with E-state index in [1.165, 1.54) is 42.9 Å². The molecule has 0 aliphatic carbocycles. The van der Waals surface area contributed by atoms with E-state index in [-0.39, 0.29) is 38.3 Å². The fraction of sp³-hybridized carbons (Fsp3) is 0.176. The van der Waals surface area contributed by atoms with Gasteiger partial charge in [0.05, 0.1) is 60.2 Å². The molecule has 0 radical (unpaired) electrons. The molecule has 5 aromatic carbocycles. The van der Waals surface area contributed by atoms with Gasteiger partial charge in [-0.05, 0) is 112 Å². The molecule has 0 atom stereocenters. The first-order valence-corrected chi connectivity index (χ1v) is 31.7. The Hall–Kier alpha value is -8.00. The van der Waals surface area contributed by atoms with Crippen molar-refractivity contribution in [1.82, 2.24) is 39.9 Å². The minimum Gasteiger partial charge on any atom is -0.399 e. The van der Waals surface area contributed by atoms with Crippen LogP contribution in [0.2, 0.25) is 15.3 Å². The number of nitro benzene ring substituents is 2. The summed E-state index contributed by atoms with van der Waals surface area (Å²) in [5, 5.41) is 39.7. The average molecular weight is 1260 g/mol. The van der Waals surface area contributed by atoms with Crippen molar-refractivity contribution in [3.63, 3.8) is 0 Å². The third kappa shape index (κ3) is 19.0. The predicted molar refractivity (Wildman–Crippen MR) is 320 cm³/mol. The average Bonchev–Trinajstić information content (AvgIpc) is 3.51. The largest absolute Gasteiger partial charge is 0.399 e. The Kier molecular flexibility index (Phi) is 23.2. The molecule has 9 rings (SSSR count). The highest BCUT2D eigenvalue weighted by Gasteiger charge is 2.24. The second-order valence-electron chi connectivity index (χ2n) is 17.8. The molecular formula is C51H51Cl3F2N14O10P2S. The lowest BCUT2D eigenvalue weighted by atomic mass is 10.2. The number of fused-ring (bicyclic) bond motifs is 2. The minimum atomic E-state index is -4.02. The van der Waals surface area contributed by atoms with Gasteiger partial charge in [0.1, 0.15) is 35.4 Å². The van der Waals surface area contributed by atoms with E-state index < -0.39 is 57.3 Å². The maximum Gasteiger partial charge on any atom is 0.306 e. The van der Waals surface area contributed by atoms with Gasteiger partial charge in [0.2, 0.25) is 22.9 Å². The minimum absolute atomic E-state index is 0.0566. The zero-order valence-electron chi connectivity index (χ0n) is 44.6. The van der Waals surface area contributed by atoms with Crippen molar-refractivity contribution >= 4 is 144 Å². The maximum atomic E-state index is 13.6. The Balaban J connectivity index is 0.000000217. The van der Waals surface area contributed by atoms with Crippen LogP contribution in [0.25, 0.3) is 22.1 Å². The Morgan fingerprint density at radius 1 is 0.651 bits per heavy atom. The molecule has 0 aliphatic rings. The van der Waals surface area contributed by atoms with Crippen molar-refractivity contribution < 1.29 is 45.8 Å². The van der Waals surface area contributed by atoms with Gasteiger partial charge < -0.3 is 35.9 Å². The number of aromatic nitrogens is 8. The van der Waals surface area contributed by atoms with Gasteiger partial charge in [0, 0.05) is 54.9 Å². The number of hydrogen-bond donors (Lipinski definition) is 6. The van der Waals surface area contributed by atoms with Crippen molar-refractivity contribution in [1.29, 1.82) is 0 Å². The first kappa shape index (κ1) is 65.8. The fourth-order valence-corrected chi connectivity index (χ4v) is 10.6. The Morgan fingerprint density at radius 3 is 1.57 bits per heavy atom. The first-order valence-electron chi connectivity index (χ1n) is 23.9. The first-order chi connectivity index (χ1) is 39.0. The molecule has 9 aromatic rings. The molecule has 0 spiro atoms. The molecule has 0 aliphatic heterocycles. The van der Waals surface area contributed by atoms with Crippen molar-refractivity contribution in [2.45, 2.75) is 31.6 Å². The summed E-state index contributed by atoms with van der Waals surface area (Å²) in [4.78, 5) is 52.8. The number of aliphatic hydroxyl groups excluding tert-OH is 1. The molecular weight excluding hydrogens is 1210 g/mol. The zero-order chi connectivity index (χ0) is 61.4. The van der Waals surface area contributed by atoms with Crippen LogP contribution in [0, 0.1) is 38.8 Å². The van der Waals surface area contributed by atoms with Crippen LogP contribution < -0.4 is 32.3 Å². The van der Waals surface area contributed by atoms with E-state index in [1.807, 2.05) is 6.92 Å². The predicted octanol–water partition coefficient (Wildman–Crippen LogP) is 11.9. The summed E-state index contributed by atoms with van der Waals surface area (Å²) >= 11 is 18.2. The van der Waals surface area contributed by atoms with Gasteiger partial charge >= 0.3 is 11.4 Å². The highest BCUT2D eigenvalue weighted by Crippen LogP contribution is 2.42. The Labute approximate surface area is 488 Å². The standard InChI is InChI=1S/C20H16ClFN7O3P.C14H12Cl2N5OP.C7H8O3S.C6H5FN2O2.C4H10O/c1-33(2,32)18-15(6-5-14-17(18)24-8-7-23-14)27-19-12(21)10-25-20(28-19)26-11-3-4-13(22)16(9-11)29(30)31;1-23(2,22)12-10(4-3-9-11(12)18-6-5-17-9)20-13-8(15)7-19-14(16)21-13;1-6-2-4-7(5-3-6)11(8,9)10;7-5-2-1-4(8)3-6(5)9(10)11;1-2-3-4-5/h3-10H,1-2H3,(H2,25,26,27,28);3-7H,1-2H3,(H,19,20,21);2-5H,1H3,(H,8,9,10);1-3H,8H2;5H,2-4H2,1H3.